The molecular formula is C44H50N4O. The Bertz CT molecular complexity index is 1770. The third-order valence-corrected chi connectivity index (χ3v) is 12.2. The van der Waals surface area contributed by atoms with Crippen molar-refractivity contribution in [2.24, 2.45) is 5.73 Å². The number of hydrogen-bond acceptors (Lipinski definition) is 4. The van der Waals surface area contributed by atoms with Crippen LogP contribution in [-0.4, -0.2) is 40.9 Å². The zero-order chi connectivity index (χ0) is 33.7. The minimum Gasteiger partial charge on any atom is -0.366 e. The van der Waals surface area contributed by atoms with Crippen LogP contribution in [0.15, 0.2) is 109 Å². The van der Waals surface area contributed by atoms with Gasteiger partial charge in [-0.05, 0) is 122 Å². The SMILES string of the molecule is N#Cc1cccc(C23CCCC(C2)N(Cc2ccccc2)CC3)c1.NC(=O)c1cccc(C23CCCC(C2)N(Cc2ccccc2)CC3)c1. The maximum absolute atomic E-state index is 11.6. The van der Waals surface area contributed by atoms with Crippen molar-refractivity contribution in [1.82, 2.24) is 9.80 Å². The monoisotopic (exact) mass is 650 g/mol. The maximum Gasteiger partial charge on any atom is 0.248 e. The lowest BCUT2D eigenvalue weighted by Crippen LogP contribution is -2.51. The minimum absolute atomic E-state index is 0.224. The zero-order valence-electron chi connectivity index (χ0n) is 28.8. The third kappa shape index (κ3) is 7.37. The Balaban J connectivity index is 0.000000154. The molecule has 4 unspecified atom stereocenters. The molecule has 4 atom stereocenters. The molecule has 2 saturated carbocycles. The van der Waals surface area contributed by atoms with Crippen LogP contribution in [0.4, 0.5) is 0 Å². The first kappa shape index (κ1) is 33.3. The fourth-order valence-electron chi connectivity index (χ4n) is 9.61. The second kappa shape index (κ2) is 14.7. The number of likely N-dealkylation sites (tertiary alicyclic amines) is 2. The summed E-state index contributed by atoms with van der Waals surface area (Å²) in [5.74, 6) is -0.327. The summed E-state index contributed by atoms with van der Waals surface area (Å²) >= 11 is 0. The van der Waals surface area contributed by atoms with E-state index in [1.165, 1.54) is 86.5 Å². The van der Waals surface area contributed by atoms with Crippen LogP contribution in [-0.2, 0) is 23.9 Å². The number of carbonyl (C=O) groups excluding carboxylic acids is 1. The van der Waals surface area contributed by atoms with Crippen LogP contribution < -0.4 is 5.73 Å². The summed E-state index contributed by atoms with van der Waals surface area (Å²) in [6.45, 7) is 4.40. The lowest BCUT2D eigenvalue weighted by atomic mass is 9.63. The van der Waals surface area contributed by atoms with Crippen molar-refractivity contribution in [2.45, 2.75) is 100 Å². The number of carbonyl (C=O) groups is 1. The van der Waals surface area contributed by atoms with E-state index in [0.717, 1.165) is 31.7 Å². The second-order valence-corrected chi connectivity index (χ2v) is 15.1. The summed E-state index contributed by atoms with van der Waals surface area (Å²) in [4.78, 5) is 16.9. The van der Waals surface area contributed by atoms with Gasteiger partial charge in [-0.2, -0.15) is 5.26 Å². The molecule has 49 heavy (non-hydrogen) atoms. The number of fused-ring (bicyclic) bond motifs is 4. The second-order valence-electron chi connectivity index (χ2n) is 15.1. The van der Waals surface area contributed by atoms with Crippen LogP contribution >= 0.6 is 0 Å². The maximum atomic E-state index is 11.6. The van der Waals surface area contributed by atoms with Crippen LogP contribution in [0.3, 0.4) is 0 Å². The first-order valence-corrected chi connectivity index (χ1v) is 18.4. The molecule has 252 valence electrons. The zero-order valence-corrected chi connectivity index (χ0v) is 28.8. The first-order valence-electron chi connectivity index (χ1n) is 18.4. The molecule has 4 aliphatic rings. The Morgan fingerprint density at radius 3 is 1.69 bits per heavy atom. The van der Waals surface area contributed by atoms with Gasteiger partial charge in [0.05, 0.1) is 11.6 Å². The van der Waals surface area contributed by atoms with Gasteiger partial charge in [0.25, 0.3) is 0 Å². The van der Waals surface area contributed by atoms with Crippen molar-refractivity contribution >= 4 is 5.91 Å². The van der Waals surface area contributed by atoms with E-state index in [-0.39, 0.29) is 11.3 Å². The van der Waals surface area contributed by atoms with Crippen molar-refractivity contribution in [2.75, 3.05) is 13.1 Å². The van der Waals surface area contributed by atoms with Crippen molar-refractivity contribution < 1.29 is 4.79 Å². The highest BCUT2D eigenvalue weighted by atomic mass is 16.1. The molecule has 8 rings (SSSR count). The lowest BCUT2D eigenvalue weighted by Gasteiger charge is -2.51. The summed E-state index contributed by atoms with van der Waals surface area (Å²) in [7, 11) is 0. The van der Waals surface area contributed by atoms with Crippen LogP contribution in [0.1, 0.15) is 102 Å². The molecule has 2 N–H and O–H groups in total. The molecule has 4 bridgehead atoms. The number of benzene rings is 4. The smallest absolute Gasteiger partial charge is 0.248 e. The summed E-state index contributed by atoms with van der Waals surface area (Å²) in [6, 6.07) is 41.7. The van der Waals surface area contributed by atoms with E-state index in [4.69, 9.17) is 5.73 Å². The molecule has 2 heterocycles. The van der Waals surface area contributed by atoms with Crippen LogP contribution in [0.2, 0.25) is 0 Å². The van der Waals surface area contributed by atoms with Gasteiger partial charge in [-0.15, -0.1) is 0 Å². The van der Waals surface area contributed by atoms with E-state index in [9.17, 15) is 10.1 Å². The molecule has 2 saturated heterocycles. The number of piperidine rings is 2. The summed E-state index contributed by atoms with van der Waals surface area (Å²) in [5, 5.41) is 9.23. The van der Waals surface area contributed by atoms with Gasteiger partial charge in [0, 0.05) is 30.7 Å². The molecule has 4 fully saturated rings. The Morgan fingerprint density at radius 2 is 1.18 bits per heavy atom. The summed E-state index contributed by atoms with van der Waals surface area (Å²) < 4.78 is 0. The minimum atomic E-state index is -0.327. The molecular weight excluding hydrogens is 601 g/mol. The Kier molecular flexibility index (Phi) is 9.98. The van der Waals surface area contributed by atoms with Crippen molar-refractivity contribution in [3.8, 4) is 6.07 Å². The van der Waals surface area contributed by atoms with Crippen molar-refractivity contribution in [1.29, 1.82) is 5.26 Å². The van der Waals surface area contributed by atoms with Gasteiger partial charge in [-0.1, -0.05) is 97.8 Å². The van der Waals surface area contributed by atoms with E-state index < -0.39 is 0 Å². The van der Waals surface area contributed by atoms with Gasteiger partial charge in [0.15, 0.2) is 0 Å². The quantitative estimate of drug-likeness (QED) is 0.218. The topological polar surface area (TPSA) is 73.4 Å². The average Bonchev–Trinajstić information content (AvgIpc) is 3.15. The van der Waals surface area contributed by atoms with Crippen molar-refractivity contribution in [3.05, 3.63) is 143 Å². The first-order chi connectivity index (χ1) is 24.0. The van der Waals surface area contributed by atoms with Gasteiger partial charge >= 0.3 is 0 Å². The van der Waals surface area contributed by atoms with Crippen LogP contribution in [0, 0.1) is 11.3 Å². The highest BCUT2D eigenvalue weighted by Gasteiger charge is 2.44. The van der Waals surface area contributed by atoms with E-state index in [1.54, 1.807) is 0 Å². The van der Waals surface area contributed by atoms with E-state index in [1.807, 2.05) is 24.3 Å². The van der Waals surface area contributed by atoms with Gasteiger partial charge in [-0.25, -0.2) is 0 Å². The lowest BCUT2D eigenvalue weighted by molar-refractivity contribution is 0.0458. The normalized spacial score (nSPS) is 26.5. The largest absolute Gasteiger partial charge is 0.366 e. The third-order valence-electron chi connectivity index (χ3n) is 12.2. The number of nitrogens with zero attached hydrogens (tertiary/aromatic N) is 3. The van der Waals surface area contributed by atoms with E-state index in [0.29, 0.717) is 23.1 Å². The number of hydrogen-bond donors (Lipinski definition) is 1. The molecule has 0 radical (unpaired) electrons. The molecule has 4 aromatic rings. The predicted molar refractivity (Wildman–Crippen MR) is 197 cm³/mol. The number of amides is 1. The average molecular weight is 651 g/mol. The van der Waals surface area contributed by atoms with Gasteiger partial charge in [-0.3, -0.25) is 14.6 Å². The Labute approximate surface area is 292 Å². The predicted octanol–water partition coefficient (Wildman–Crippen LogP) is 8.52. The number of nitrogens with two attached hydrogens (primary N) is 1. The van der Waals surface area contributed by atoms with Gasteiger partial charge in [0.2, 0.25) is 5.91 Å². The van der Waals surface area contributed by atoms with E-state index in [2.05, 4.69) is 101 Å². The fraction of sp³-hybridized carbons (Fsp3) is 0.409. The standard InChI is InChI=1S/C22H26N2O.C22H24N2/c23-21(25)18-8-4-9-19(14-18)22-11-5-10-20(15-22)24(13-12-22)16-17-6-2-1-3-7-17;23-16-19-8-4-9-20(14-19)22-11-5-10-21(15-22)24(13-12-22)17-18-6-2-1-3-7-18/h1-4,6-9,14,20H,5,10-13,15-16H2,(H2,23,25);1-4,6-9,14,21H,5,10-13,15,17H2. The molecule has 5 heteroatoms. The number of nitriles is 1. The highest BCUT2D eigenvalue weighted by molar-refractivity contribution is 5.93. The molecule has 5 nitrogen and oxygen atoms in total. The molecule has 4 aromatic carbocycles. The Morgan fingerprint density at radius 1 is 0.673 bits per heavy atom. The number of rotatable bonds is 7. The fourth-order valence-corrected chi connectivity index (χ4v) is 9.61. The Hall–Kier alpha value is -4.24. The molecule has 2 aliphatic carbocycles. The van der Waals surface area contributed by atoms with Crippen LogP contribution in [0.25, 0.3) is 0 Å². The van der Waals surface area contributed by atoms with Gasteiger partial charge < -0.3 is 5.73 Å². The van der Waals surface area contributed by atoms with Gasteiger partial charge in [0.1, 0.15) is 0 Å². The summed E-state index contributed by atoms with van der Waals surface area (Å²) in [6.07, 6.45) is 12.5. The highest BCUT2D eigenvalue weighted by Crippen LogP contribution is 2.48. The van der Waals surface area contributed by atoms with E-state index >= 15 is 0 Å². The summed E-state index contributed by atoms with van der Waals surface area (Å²) in [5.41, 5.74) is 13.0. The van der Waals surface area contributed by atoms with Crippen molar-refractivity contribution in [3.63, 3.8) is 0 Å². The number of primary amides is 1. The van der Waals surface area contributed by atoms with Crippen LogP contribution in [0.5, 0.6) is 0 Å². The molecule has 0 spiro atoms. The molecule has 1 amide bonds. The molecule has 0 aromatic heterocycles. The molecule has 2 aliphatic heterocycles.